The Morgan fingerprint density at radius 1 is 1.73 bits per heavy atom. The van der Waals surface area contributed by atoms with E-state index in [1.54, 1.807) is 13.0 Å². The molecule has 0 radical (unpaired) electrons. The normalized spacial score (nSPS) is 19.2. The van der Waals surface area contributed by atoms with Crippen molar-refractivity contribution in [1.82, 2.24) is 0 Å². The molecule has 2 atom stereocenters. The fourth-order valence-corrected chi connectivity index (χ4v) is 0.536. The van der Waals surface area contributed by atoms with Crippen LogP contribution in [-0.2, 0) is 0 Å². The molecule has 1 nitrogen and oxygen atoms in total. The van der Waals surface area contributed by atoms with Gasteiger partial charge in [0.25, 0.3) is 0 Å². The van der Waals surface area contributed by atoms with Crippen LogP contribution in [0.1, 0.15) is 27.2 Å². The molecule has 11 heavy (non-hydrogen) atoms. The Labute approximate surface area is 69.1 Å². The van der Waals surface area contributed by atoms with E-state index in [-0.39, 0.29) is 0 Å². The van der Waals surface area contributed by atoms with Crippen molar-refractivity contribution in [3.63, 3.8) is 0 Å². The van der Waals surface area contributed by atoms with Crippen LogP contribution in [0.2, 0.25) is 0 Å². The van der Waals surface area contributed by atoms with Crippen LogP contribution < -0.4 is 0 Å². The molecule has 0 spiro atoms. The Morgan fingerprint density at radius 3 is 2.64 bits per heavy atom. The SMILES string of the molecule is C#CC(C)(O)/C=C/C(C)CC. The molecule has 0 bridgehead atoms. The summed E-state index contributed by atoms with van der Waals surface area (Å²) in [5.41, 5.74) is -1.08. The highest BCUT2D eigenvalue weighted by atomic mass is 16.3. The summed E-state index contributed by atoms with van der Waals surface area (Å²) < 4.78 is 0. The zero-order valence-electron chi connectivity index (χ0n) is 7.46. The van der Waals surface area contributed by atoms with E-state index < -0.39 is 5.60 Å². The van der Waals surface area contributed by atoms with Gasteiger partial charge in [0.15, 0.2) is 0 Å². The first-order valence-electron chi connectivity index (χ1n) is 3.91. The number of hydrogen-bond acceptors (Lipinski definition) is 1. The lowest BCUT2D eigenvalue weighted by Gasteiger charge is -2.10. The number of rotatable bonds is 3. The van der Waals surface area contributed by atoms with Crippen molar-refractivity contribution < 1.29 is 5.11 Å². The van der Waals surface area contributed by atoms with E-state index in [1.165, 1.54) is 0 Å². The van der Waals surface area contributed by atoms with E-state index in [1.807, 2.05) is 6.08 Å². The van der Waals surface area contributed by atoms with Gasteiger partial charge in [0.05, 0.1) is 0 Å². The van der Waals surface area contributed by atoms with Crippen LogP contribution in [0.15, 0.2) is 12.2 Å². The maximum atomic E-state index is 9.34. The molecule has 0 saturated carbocycles. The highest BCUT2D eigenvalue weighted by molar-refractivity contribution is 5.16. The third-order valence-corrected chi connectivity index (χ3v) is 1.69. The van der Waals surface area contributed by atoms with Crippen molar-refractivity contribution in [2.45, 2.75) is 32.8 Å². The third-order valence-electron chi connectivity index (χ3n) is 1.69. The molecule has 1 N–H and O–H groups in total. The molecule has 2 unspecified atom stereocenters. The van der Waals surface area contributed by atoms with E-state index >= 15 is 0 Å². The Balaban J connectivity index is 4.04. The highest BCUT2D eigenvalue weighted by Crippen LogP contribution is 2.08. The lowest BCUT2D eigenvalue weighted by molar-refractivity contribution is 0.174. The van der Waals surface area contributed by atoms with E-state index in [2.05, 4.69) is 19.8 Å². The van der Waals surface area contributed by atoms with E-state index in [0.29, 0.717) is 5.92 Å². The average molecular weight is 152 g/mol. The first-order chi connectivity index (χ1) is 5.02. The summed E-state index contributed by atoms with van der Waals surface area (Å²) >= 11 is 0. The maximum absolute atomic E-state index is 9.34. The number of allylic oxidation sites excluding steroid dienone is 1. The van der Waals surface area contributed by atoms with Gasteiger partial charge in [-0.2, -0.15) is 0 Å². The predicted octanol–water partition coefficient (Wildman–Crippen LogP) is 1.97. The molecule has 0 saturated heterocycles. The molecule has 0 aromatic carbocycles. The summed E-state index contributed by atoms with van der Waals surface area (Å²) in [5.74, 6) is 2.77. The molecule has 0 aliphatic heterocycles. The van der Waals surface area contributed by atoms with Crippen molar-refractivity contribution in [1.29, 1.82) is 0 Å². The molecule has 0 rings (SSSR count). The standard InChI is InChI=1S/C10H16O/c1-5-9(3)7-8-10(4,11)6-2/h2,7-9,11H,5H2,1,3-4H3/b8-7+. The second-order valence-electron chi connectivity index (χ2n) is 3.04. The van der Waals surface area contributed by atoms with Gasteiger partial charge in [-0.3, -0.25) is 0 Å². The third kappa shape index (κ3) is 4.64. The van der Waals surface area contributed by atoms with Crippen LogP contribution in [0.25, 0.3) is 0 Å². The largest absolute Gasteiger partial charge is 0.374 e. The van der Waals surface area contributed by atoms with Gasteiger partial charge in [0.2, 0.25) is 0 Å². The van der Waals surface area contributed by atoms with Crippen molar-refractivity contribution in [2.75, 3.05) is 0 Å². The monoisotopic (exact) mass is 152 g/mol. The second kappa shape index (κ2) is 4.20. The van der Waals surface area contributed by atoms with Crippen LogP contribution in [0, 0.1) is 18.3 Å². The van der Waals surface area contributed by atoms with E-state index in [0.717, 1.165) is 6.42 Å². The predicted molar refractivity (Wildman–Crippen MR) is 48.1 cm³/mol. The summed E-state index contributed by atoms with van der Waals surface area (Å²) in [6, 6.07) is 0. The molecule has 0 heterocycles. The van der Waals surface area contributed by atoms with Gasteiger partial charge < -0.3 is 5.11 Å². The van der Waals surface area contributed by atoms with Crippen molar-refractivity contribution in [3.05, 3.63) is 12.2 Å². The average Bonchev–Trinajstić information content (AvgIpc) is 2.00. The lowest BCUT2D eigenvalue weighted by atomic mass is 10.0. The fraction of sp³-hybridized carbons (Fsp3) is 0.600. The van der Waals surface area contributed by atoms with Gasteiger partial charge in [-0.05, 0) is 18.9 Å². The van der Waals surface area contributed by atoms with Crippen LogP contribution in [-0.4, -0.2) is 10.7 Å². The molecule has 0 aliphatic carbocycles. The Hall–Kier alpha value is -0.740. The summed E-state index contributed by atoms with van der Waals surface area (Å²) in [5, 5.41) is 9.34. The Kier molecular flexibility index (Phi) is 3.92. The van der Waals surface area contributed by atoms with Crippen LogP contribution in [0.3, 0.4) is 0 Å². The molecular formula is C10H16O. The molecule has 0 aromatic rings. The Bertz CT molecular complexity index is 172. The van der Waals surface area contributed by atoms with Crippen molar-refractivity contribution in [2.24, 2.45) is 5.92 Å². The zero-order valence-corrected chi connectivity index (χ0v) is 7.46. The van der Waals surface area contributed by atoms with Crippen LogP contribution >= 0.6 is 0 Å². The molecule has 62 valence electrons. The van der Waals surface area contributed by atoms with E-state index in [4.69, 9.17) is 6.42 Å². The quantitative estimate of drug-likeness (QED) is 0.484. The lowest BCUT2D eigenvalue weighted by Crippen LogP contribution is -2.17. The van der Waals surface area contributed by atoms with Crippen LogP contribution in [0.5, 0.6) is 0 Å². The minimum atomic E-state index is -1.08. The smallest absolute Gasteiger partial charge is 0.141 e. The highest BCUT2D eigenvalue weighted by Gasteiger charge is 2.10. The summed E-state index contributed by atoms with van der Waals surface area (Å²) in [7, 11) is 0. The zero-order chi connectivity index (χ0) is 8.91. The van der Waals surface area contributed by atoms with Gasteiger partial charge >= 0.3 is 0 Å². The molecule has 0 aromatic heterocycles. The minimum Gasteiger partial charge on any atom is -0.374 e. The number of terminal acetylenes is 1. The van der Waals surface area contributed by atoms with Gasteiger partial charge in [0, 0.05) is 0 Å². The Morgan fingerprint density at radius 2 is 2.27 bits per heavy atom. The molecule has 0 aliphatic rings. The molecule has 0 fully saturated rings. The van der Waals surface area contributed by atoms with Crippen LogP contribution in [0.4, 0.5) is 0 Å². The minimum absolute atomic E-state index is 0.481. The summed E-state index contributed by atoms with van der Waals surface area (Å²) in [6.07, 6.45) is 9.76. The first kappa shape index (κ1) is 10.3. The van der Waals surface area contributed by atoms with Crippen molar-refractivity contribution >= 4 is 0 Å². The molecule has 0 amide bonds. The van der Waals surface area contributed by atoms with E-state index in [9.17, 15) is 5.11 Å². The topological polar surface area (TPSA) is 20.2 Å². The number of aliphatic hydroxyl groups is 1. The van der Waals surface area contributed by atoms with Gasteiger partial charge in [-0.1, -0.05) is 32.3 Å². The van der Waals surface area contributed by atoms with Gasteiger partial charge in [0.1, 0.15) is 5.60 Å². The van der Waals surface area contributed by atoms with Gasteiger partial charge in [-0.25, -0.2) is 0 Å². The summed E-state index contributed by atoms with van der Waals surface area (Å²) in [6.45, 7) is 5.79. The fourth-order valence-electron chi connectivity index (χ4n) is 0.536. The van der Waals surface area contributed by atoms with Crippen molar-refractivity contribution in [3.8, 4) is 12.3 Å². The maximum Gasteiger partial charge on any atom is 0.141 e. The second-order valence-corrected chi connectivity index (χ2v) is 3.04. The first-order valence-corrected chi connectivity index (χ1v) is 3.91. The molecule has 1 heteroatoms. The van der Waals surface area contributed by atoms with Gasteiger partial charge in [-0.15, -0.1) is 6.42 Å². The number of hydrogen-bond donors (Lipinski definition) is 1. The summed E-state index contributed by atoms with van der Waals surface area (Å²) in [4.78, 5) is 0. The molecular weight excluding hydrogens is 136 g/mol.